The predicted octanol–water partition coefficient (Wildman–Crippen LogP) is 3.68. The number of hydrogen-bond donors (Lipinski definition) is 0. The summed E-state index contributed by atoms with van der Waals surface area (Å²) in [4.78, 5) is 17.1. The molecule has 0 saturated carbocycles. The summed E-state index contributed by atoms with van der Waals surface area (Å²) in [7, 11) is 3.38. The Morgan fingerprint density at radius 3 is 2.21 bits per heavy atom. The molecule has 4 rings (SSSR count). The van der Waals surface area contributed by atoms with E-state index < -0.39 is 0 Å². The number of likely N-dealkylation sites (tertiary alicyclic amines) is 2. The lowest BCUT2D eigenvalue weighted by molar-refractivity contribution is -0.130. The highest BCUT2D eigenvalue weighted by Gasteiger charge is 2.47. The number of nitrogens with zero attached hydrogens (tertiary/aromatic N) is 2. The van der Waals surface area contributed by atoms with Gasteiger partial charge in [0.15, 0.2) is 0 Å². The zero-order chi connectivity index (χ0) is 20.4. The van der Waals surface area contributed by atoms with Crippen LogP contribution in [0.2, 0.25) is 0 Å². The Balaban J connectivity index is 1.62. The van der Waals surface area contributed by atoms with Gasteiger partial charge in [-0.05, 0) is 54.8 Å². The Morgan fingerprint density at radius 2 is 1.62 bits per heavy atom. The van der Waals surface area contributed by atoms with E-state index in [0.717, 1.165) is 44.0 Å². The number of rotatable bonds is 5. The highest BCUT2D eigenvalue weighted by molar-refractivity contribution is 5.74. The predicted molar refractivity (Wildman–Crippen MR) is 113 cm³/mol. The molecule has 0 bridgehead atoms. The second kappa shape index (κ2) is 8.46. The summed E-state index contributed by atoms with van der Waals surface area (Å²) >= 11 is 0. The smallest absolute Gasteiger partial charge is 0.219 e. The molecule has 2 heterocycles. The highest BCUT2D eigenvalue weighted by Crippen LogP contribution is 2.41. The first kappa shape index (κ1) is 19.8. The summed E-state index contributed by atoms with van der Waals surface area (Å²) in [6, 6.07) is 17.3. The average Bonchev–Trinajstić information content (AvgIpc) is 3.15. The largest absolute Gasteiger partial charge is 0.497 e. The van der Waals surface area contributed by atoms with E-state index in [0.29, 0.717) is 12.0 Å². The number of carbonyl (C=O) groups is 1. The standard InChI is InChI=1S/C24H30N2O3/c1-17(27)26-16-22(19-8-12-21(29-3)13-9-19)24-23(26)5-4-14-25(24)15-18-6-10-20(28-2)11-7-18/h6-13,22-24H,4-5,14-16H2,1-3H3/t22-,23-,24-/m1/s1. The van der Waals surface area contributed by atoms with Crippen molar-refractivity contribution in [1.82, 2.24) is 9.80 Å². The molecule has 154 valence electrons. The molecule has 2 aliphatic rings. The Morgan fingerprint density at radius 1 is 1.00 bits per heavy atom. The molecule has 2 saturated heterocycles. The van der Waals surface area contributed by atoms with Crippen LogP contribution in [0.15, 0.2) is 48.5 Å². The third-order valence-electron chi connectivity index (χ3n) is 6.46. The molecule has 2 aromatic carbocycles. The molecule has 2 fully saturated rings. The first-order chi connectivity index (χ1) is 14.1. The zero-order valence-electron chi connectivity index (χ0n) is 17.5. The molecule has 2 aliphatic heterocycles. The minimum absolute atomic E-state index is 0.183. The molecule has 0 aromatic heterocycles. The molecule has 0 unspecified atom stereocenters. The van der Waals surface area contributed by atoms with Crippen molar-refractivity contribution in [2.45, 2.75) is 44.3 Å². The maximum atomic E-state index is 12.4. The Bertz CT molecular complexity index is 834. The summed E-state index contributed by atoms with van der Waals surface area (Å²) < 4.78 is 10.6. The molecule has 0 aliphatic carbocycles. The number of carbonyl (C=O) groups excluding carboxylic acids is 1. The molecule has 3 atom stereocenters. The molecule has 5 nitrogen and oxygen atoms in total. The van der Waals surface area contributed by atoms with Crippen LogP contribution in [0.4, 0.5) is 0 Å². The molecule has 29 heavy (non-hydrogen) atoms. The van der Waals surface area contributed by atoms with Crippen LogP contribution >= 0.6 is 0 Å². The van der Waals surface area contributed by atoms with E-state index in [2.05, 4.69) is 34.1 Å². The van der Waals surface area contributed by atoms with Gasteiger partial charge in [0.2, 0.25) is 5.91 Å². The van der Waals surface area contributed by atoms with Gasteiger partial charge in [-0.1, -0.05) is 24.3 Å². The maximum absolute atomic E-state index is 12.4. The van der Waals surface area contributed by atoms with Gasteiger partial charge < -0.3 is 14.4 Å². The van der Waals surface area contributed by atoms with E-state index in [1.54, 1.807) is 21.1 Å². The van der Waals surface area contributed by atoms with Gasteiger partial charge >= 0.3 is 0 Å². The quantitative estimate of drug-likeness (QED) is 0.776. The van der Waals surface area contributed by atoms with E-state index in [9.17, 15) is 4.79 Å². The van der Waals surface area contributed by atoms with Crippen LogP contribution in [0.25, 0.3) is 0 Å². The van der Waals surface area contributed by atoms with Crippen molar-refractivity contribution in [3.05, 3.63) is 59.7 Å². The van der Waals surface area contributed by atoms with Crippen molar-refractivity contribution < 1.29 is 14.3 Å². The van der Waals surface area contributed by atoms with Gasteiger partial charge in [-0.2, -0.15) is 0 Å². The monoisotopic (exact) mass is 394 g/mol. The molecule has 5 heteroatoms. The van der Waals surface area contributed by atoms with E-state index >= 15 is 0 Å². The molecular formula is C24H30N2O3. The summed E-state index contributed by atoms with van der Waals surface area (Å²) in [5.41, 5.74) is 2.56. The van der Waals surface area contributed by atoms with Crippen LogP contribution in [0.5, 0.6) is 11.5 Å². The fourth-order valence-corrected chi connectivity index (χ4v) is 5.05. The maximum Gasteiger partial charge on any atom is 0.219 e. The molecule has 0 N–H and O–H groups in total. The van der Waals surface area contributed by atoms with Crippen LogP contribution in [0.3, 0.4) is 0 Å². The minimum Gasteiger partial charge on any atom is -0.497 e. The van der Waals surface area contributed by atoms with E-state index in [4.69, 9.17) is 9.47 Å². The van der Waals surface area contributed by atoms with E-state index in [1.807, 2.05) is 24.3 Å². The van der Waals surface area contributed by atoms with Gasteiger partial charge in [0.05, 0.1) is 14.2 Å². The fraction of sp³-hybridized carbons (Fsp3) is 0.458. The number of hydrogen-bond acceptors (Lipinski definition) is 4. The van der Waals surface area contributed by atoms with Crippen molar-refractivity contribution in [2.75, 3.05) is 27.3 Å². The lowest BCUT2D eigenvalue weighted by Crippen LogP contribution is -2.51. The molecular weight excluding hydrogens is 364 g/mol. The minimum atomic E-state index is 0.183. The first-order valence-electron chi connectivity index (χ1n) is 10.4. The fourth-order valence-electron chi connectivity index (χ4n) is 5.05. The van der Waals surface area contributed by atoms with Crippen LogP contribution < -0.4 is 9.47 Å². The summed E-state index contributed by atoms with van der Waals surface area (Å²) in [6.07, 6.45) is 2.20. The average molecular weight is 395 g/mol. The van der Waals surface area contributed by atoms with E-state index in [1.165, 1.54) is 11.1 Å². The normalized spacial score (nSPS) is 24.2. The summed E-state index contributed by atoms with van der Waals surface area (Å²) in [5.74, 6) is 2.24. The van der Waals surface area contributed by atoms with E-state index in [-0.39, 0.29) is 11.9 Å². The van der Waals surface area contributed by atoms with Crippen molar-refractivity contribution in [3.8, 4) is 11.5 Å². The third-order valence-corrected chi connectivity index (χ3v) is 6.46. The first-order valence-corrected chi connectivity index (χ1v) is 10.4. The number of methoxy groups -OCH3 is 2. The van der Waals surface area contributed by atoms with Gasteiger partial charge in [0.25, 0.3) is 0 Å². The van der Waals surface area contributed by atoms with Crippen molar-refractivity contribution >= 4 is 5.91 Å². The number of ether oxygens (including phenoxy) is 2. The van der Waals surface area contributed by atoms with Crippen LogP contribution in [0.1, 0.15) is 36.8 Å². The van der Waals surface area contributed by atoms with Crippen molar-refractivity contribution in [2.24, 2.45) is 0 Å². The Kier molecular flexibility index (Phi) is 5.76. The lowest BCUT2D eigenvalue weighted by atomic mass is 9.85. The van der Waals surface area contributed by atoms with Gasteiger partial charge in [0.1, 0.15) is 11.5 Å². The third kappa shape index (κ3) is 3.97. The van der Waals surface area contributed by atoms with Crippen molar-refractivity contribution in [3.63, 3.8) is 0 Å². The SMILES string of the molecule is COc1ccc(CN2CCC[C@@H]3[C@H]2[C@@H](c2ccc(OC)cc2)CN3C(C)=O)cc1. The molecule has 1 amide bonds. The second-order valence-corrected chi connectivity index (χ2v) is 8.07. The summed E-state index contributed by atoms with van der Waals surface area (Å²) in [5, 5.41) is 0. The van der Waals surface area contributed by atoms with Crippen molar-refractivity contribution in [1.29, 1.82) is 0 Å². The Labute approximate surface area is 173 Å². The number of amides is 1. The molecule has 0 spiro atoms. The number of piperidine rings is 1. The number of benzene rings is 2. The topological polar surface area (TPSA) is 42.0 Å². The summed E-state index contributed by atoms with van der Waals surface area (Å²) in [6.45, 7) is 4.45. The highest BCUT2D eigenvalue weighted by atomic mass is 16.5. The second-order valence-electron chi connectivity index (χ2n) is 8.07. The van der Waals surface area contributed by atoms with Gasteiger partial charge in [-0.3, -0.25) is 9.69 Å². The number of fused-ring (bicyclic) bond motifs is 1. The van der Waals surface area contributed by atoms with Gasteiger partial charge in [-0.15, -0.1) is 0 Å². The van der Waals surface area contributed by atoms with Gasteiger partial charge in [-0.25, -0.2) is 0 Å². The molecule has 2 aromatic rings. The van der Waals surface area contributed by atoms with Crippen LogP contribution in [0, 0.1) is 0 Å². The Hall–Kier alpha value is -2.53. The van der Waals surface area contributed by atoms with Crippen LogP contribution in [-0.4, -0.2) is 55.1 Å². The molecule has 0 radical (unpaired) electrons. The van der Waals surface area contributed by atoms with Crippen LogP contribution in [-0.2, 0) is 11.3 Å². The zero-order valence-corrected chi connectivity index (χ0v) is 17.5. The van der Waals surface area contributed by atoms with Gasteiger partial charge in [0, 0.05) is 38.0 Å². The lowest BCUT2D eigenvalue weighted by Gasteiger charge is -2.41.